The van der Waals surface area contributed by atoms with Gasteiger partial charge in [0.15, 0.2) is 6.10 Å². The second-order valence-electron chi connectivity index (χ2n) is 15.6. The summed E-state index contributed by atoms with van der Waals surface area (Å²) in [5.41, 5.74) is 0. The van der Waals surface area contributed by atoms with Crippen LogP contribution in [0, 0.1) is 5.92 Å². The van der Waals surface area contributed by atoms with Gasteiger partial charge in [0.25, 0.3) is 0 Å². The third kappa shape index (κ3) is 44.1. The van der Waals surface area contributed by atoms with Gasteiger partial charge in [-0.2, -0.15) is 0 Å². The standard InChI is InChI=1S/C46H80O14P2/c1-4-5-6-7-23-28-33-42(47)34-29-24-19-15-12-13-17-21-26-31-36-46(50)60-44(40-59-62(54,55)58-38-43(48)37-57-61(51,52)53)39-56-45(49)35-30-25-20-16-11-9-8-10-14-18-22-27-32-41(2)3/h5-6,12-13,19,21,23-24,26,28-29,34,41-44,47-48H,4,7-11,14-18,20,22,25,27,30-33,35-40H2,1-3H3,(H,54,55)(H2,51,52,53)/b6-5-,13-12-,24-19-,26-21-,28-23-,34-29+/t42?,43-,44+/m0/s1. The van der Waals surface area contributed by atoms with E-state index in [0.29, 0.717) is 25.7 Å². The van der Waals surface area contributed by atoms with Gasteiger partial charge in [-0.25, -0.2) is 9.13 Å². The number of ether oxygens (including phenoxy) is 2. The number of carbonyl (C=O) groups excluding carboxylic acids is 2. The van der Waals surface area contributed by atoms with Crippen LogP contribution in [0.5, 0.6) is 0 Å². The Kier molecular flexibility index (Phi) is 38.5. The fourth-order valence-electron chi connectivity index (χ4n) is 5.70. The van der Waals surface area contributed by atoms with Crippen molar-refractivity contribution in [1.29, 1.82) is 0 Å². The van der Waals surface area contributed by atoms with Crippen LogP contribution in [0.2, 0.25) is 0 Å². The Bertz CT molecular complexity index is 1400. The van der Waals surface area contributed by atoms with E-state index in [-0.39, 0.29) is 12.8 Å². The molecule has 62 heavy (non-hydrogen) atoms. The van der Waals surface area contributed by atoms with E-state index in [1.54, 1.807) is 6.08 Å². The molecule has 0 aromatic heterocycles. The summed E-state index contributed by atoms with van der Waals surface area (Å²) in [4.78, 5) is 52.7. The largest absolute Gasteiger partial charge is 0.472 e. The van der Waals surface area contributed by atoms with Crippen LogP contribution in [0.1, 0.15) is 156 Å². The van der Waals surface area contributed by atoms with E-state index in [1.165, 1.54) is 57.8 Å². The van der Waals surface area contributed by atoms with Crippen molar-refractivity contribution in [3.63, 3.8) is 0 Å². The van der Waals surface area contributed by atoms with Gasteiger partial charge < -0.3 is 34.4 Å². The molecule has 0 aromatic carbocycles. The Labute approximate surface area is 372 Å². The van der Waals surface area contributed by atoms with Gasteiger partial charge in [0.1, 0.15) is 12.7 Å². The summed E-state index contributed by atoms with van der Waals surface area (Å²) < 4.78 is 47.7. The Morgan fingerprint density at radius 1 is 0.581 bits per heavy atom. The summed E-state index contributed by atoms with van der Waals surface area (Å²) in [6.45, 7) is 3.79. The van der Waals surface area contributed by atoms with Crippen LogP contribution in [-0.2, 0) is 41.8 Å². The lowest BCUT2D eigenvalue weighted by Gasteiger charge is -2.20. The lowest BCUT2D eigenvalue weighted by molar-refractivity contribution is -0.161. The van der Waals surface area contributed by atoms with Gasteiger partial charge >= 0.3 is 27.6 Å². The van der Waals surface area contributed by atoms with Gasteiger partial charge in [0.2, 0.25) is 0 Å². The first-order chi connectivity index (χ1) is 29.6. The third-order valence-corrected chi connectivity index (χ3v) is 10.6. The van der Waals surface area contributed by atoms with Gasteiger partial charge in [-0.1, -0.05) is 171 Å². The molecule has 0 rings (SSSR count). The highest BCUT2D eigenvalue weighted by Crippen LogP contribution is 2.43. The highest BCUT2D eigenvalue weighted by Gasteiger charge is 2.28. The molecule has 0 aliphatic rings. The maximum atomic E-state index is 12.6. The first-order valence-electron chi connectivity index (χ1n) is 22.6. The molecule has 0 bridgehead atoms. The molecule has 0 aliphatic carbocycles. The molecule has 0 radical (unpaired) electrons. The minimum atomic E-state index is -4.88. The fourth-order valence-corrected chi connectivity index (χ4v) is 6.86. The number of rotatable bonds is 41. The zero-order chi connectivity index (χ0) is 46.2. The monoisotopic (exact) mass is 919 g/mol. The van der Waals surface area contributed by atoms with E-state index in [1.807, 2.05) is 54.7 Å². The first-order valence-corrected chi connectivity index (χ1v) is 25.6. The molecule has 14 nitrogen and oxygen atoms in total. The number of esters is 2. The number of carbonyl (C=O) groups is 2. The van der Waals surface area contributed by atoms with Gasteiger partial charge in [0, 0.05) is 12.8 Å². The zero-order valence-electron chi connectivity index (χ0n) is 37.7. The number of unbranched alkanes of at least 4 members (excludes halogenated alkanes) is 11. The molecule has 0 amide bonds. The van der Waals surface area contributed by atoms with Crippen LogP contribution in [-0.4, -0.2) is 81.6 Å². The summed E-state index contributed by atoms with van der Waals surface area (Å²) in [5.74, 6) is -0.374. The van der Waals surface area contributed by atoms with Crippen LogP contribution >= 0.6 is 15.6 Å². The van der Waals surface area contributed by atoms with E-state index in [4.69, 9.17) is 23.8 Å². The molecule has 4 atom stereocenters. The van der Waals surface area contributed by atoms with Gasteiger partial charge in [0.05, 0.1) is 25.9 Å². The quantitative estimate of drug-likeness (QED) is 0.0127. The van der Waals surface area contributed by atoms with Gasteiger partial charge in [-0.05, 0) is 50.9 Å². The molecule has 0 saturated carbocycles. The van der Waals surface area contributed by atoms with Crippen molar-refractivity contribution in [2.75, 3.05) is 26.4 Å². The molecule has 0 fully saturated rings. The summed E-state index contributed by atoms with van der Waals surface area (Å²) in [5, 5.41) is 19.8. The van der Waals surface area contributed by atoms with Crippen molar-refractivity contribution >= 4 is 27.6 Å². The molecule has 0 saturated heterocycles. The van der Waals surface area contributed by atoms with Crippen molar-refractivity contribution in [3.05, 3.63) is 72.9 Å². The average Bonchev–Trinajstić information content (AvgIpc) is 3.21. The lowest BCUT2D eigenvalue weighted by atomic mass is 10.0. The summed E-state index contributed by atoms with van der Waals surface area (Å²) in [6, 6.07) is 0. The van der Waals surface area contributed by atoms with Gasteiger partial charge in [-0.3, -0.25) is 23.2 Å². The Balaban J connectivity index is 4.68. The summed E-state index contributed by atoms with van der Waals surface area (Å²) in [6.07, 6.45) is 39.4. The SMILES string of the molecule is CC/C=C\C/C=C\CC(O)/C=C/C=C\C/C=C\C/C=C\CCC(=O)O[C@H](COC(=O)CCCCCCCCCCCCCCC(C)C)COP(=O)(O)OC[C@@H](O)COP(=O)(O)O. The lowest BCUT2D eigenvalue weighted by Crippen LogP contribution is -2.29. The molecule has 0 aliphatic heterocycles. The van der Waals surface area contributed by atoms with Crippen molar-refractivity contribution in [3.8, 4) is 0 Å². The first kappa shape index (κ1) is 59.5. The molecular weight excluding hydrogens is 838 g/mol. The maximum Gasteiger partial charge on any atom is 0.472 e. The van der Waals surface area contributed by atoms with E-state index < -0.39 is 72.3 Å². The Morgan fingerprint density at radius 2 is 1.11 bits per heavy atom. The minimum absolute atomic E-state index is 0.0191. The smallest absolute Gasteiger partial charge is 0.462 e. The van der Waals surface area contributed by atoms with Crippen LogP contribution < -0.4 is 0 Å². The van der Waals surface area contributed by atoms with E-state index >= 15 is 0 Å². The maximum absolute atomic E-state index is 12.6. The molecule has 2 unspecified atom stereocenters. The highest BCUT2D eigenvalue weighted by molar-refractivity contribution is 7.47. The van der Waals surface area contributed by atoms with Crippen LogP contribution in [0.15, 0.2) is 72.9 Å². The van der Waals surface area contributed by atoms with E-state index in [2.05, 4.69) is 42.0 Å². The third-order valence-electron chi connectivity index (χ3n) is 9.12. The number of hydrogen-bond donors (Lipinski definition) is 5. The Morgan fingerprint density at radius 3 is 1.73 bits per heavy atom. The predicted octanol–water partition coefficient (Wildman–Crippen LogP) is 10.6. The topological polar surface area (TPSA) is 216 Å². The average molecular weight is 919 g/mol. The second-order valence-corrected chi connectivity index (χ2v) is 18.3. The zero-order valence-corrected chi connectivity index (χ0v) is 39.5. The second kappa shape index (κ2) is 40.1. The molecule has 16 heteroatoms. The number of phosphoric ester groups is 2. The van der Waals surface area contributed by atoms with Crippen molar-refractivity contribution < 1.29 is 66.7 Å². The predicted molar refractivity (Wildman–Crippen MR) is 245 cm³/mol. The number of phosphoric acid groups is 2. The molecule has 0 aromatic rings. The molecule has 358 valence electrons. The van der Waals surface area contributed by atoms with Crippen LogP contribution in [0.25, 0.3) is 0 Å². The van der Waals surface area contributed by atoms with Crippen molar-refractivity contribution in [1.82, 2.24) is 0 Å². The summed E-state index contributed by atoms with van der Waals surface area (Å²) in [7, 11) is -9.72. The molecule has 0 spiro atoms. The fraction of sp³-hybridized carbons (Fsp3) is 0.696. The van der Waals surface area contributed by atoms with Crippen molar-refractivity contribution in [2.24, 2.45) is 5.92 Å². The minimum Gasteiger partial charge on any atom is -0.462 e. The van der Waals surface area contributed by atoms with Crippen LogP contribution in [0.3, 0.4) is 0 Å². The summed E-state index contributed by atoms with van der Waals surface area (Å²) >= 11 is 0. The number of allylic oxidation sites excluding steroid dienone is 10. The Hall–Kier alpha value is -2.48. The number of aliphatic hydroxyl groups excluding tert-OH is 2. The van der Waals surface area contributed by atoms with Gasteiger partial charge in [-0.15, -0.1) is 0 Å². The molecule has 5 N–H and O–H groups in total. The number of hydrogen-bond acceptors (Lipinski definition) is 11. The van der Waals surface area contributed by atoms with Crippen molar-refractivity contribution in [2.45, 2.75) is 174 Å². The molecule has 0 heterocycles. The van der Waals surface area contributed by atoms with E-state index in [0.717, 1.165) is 44.4 Å². The molecular formula is C46H80O14P2. The highest BCUT2D eigenvalue weighted by atomic mass is 31.2. The van der Waals surface area contributed by atoms with Crippen LogP contribution in [0.4, 0.5) is 0 Å². The number of aliphatic hydroxyl groups is 2. The van der Waals surface area contributed by atoms with E-state index in [9.17, 15) is 33.8 Å². The normalized spacial score (nSPS) is 15.2.